The fourth-order valence-corrected chi connectivity index (χ4v) is 4.41. The smallest absolute Gasteiger partial charge is 0.332 e. The van der Waals surface area contributed by atoms with Crippen LogP contribution in [0.5, 0.6) is 17.2 Å². The summed E-state index contributed by atoms with van der Waals surface area (Å²) in [6, 6.07) is 30.3. The normalized spacial score (nSPS) is 10.6. The Kier molecular flexibility index (Phi) is 10.9. The van der Waals surface area contributed by atoms with Crippen LogP contribution >= 0.6 is 0 Å². The summed E-state index contributed by atoms with van der Waals surface area (Å²) in [7, 11) is 0. The lowest BCUT2D eigenvalue weighted by Crippen LogP contribution is -2.23. The number of anilines is 1. The van der Waals surface area contributed by atoms with E-state index in [1.54, 1.807) is 26.0 Å². The average molecular weight is 571 g/mol. The number of nitrogens with zero attached hydrogens (tertiary/aromatic N) is 2. The number of nitro benzene ring substituents is 1. The van der Waals surface area contributed by atoms with E-state index in [1.165, 1.54) is 6.07 Å². The molecule has 4 rings (SSSR count). The third-order valence-corrected chi connectivity index (χ3v) is 6.39. The number of hydrogen-bond acceptors (Lipinski definition) is 8. The van der Waals surface area contributed by atoms with E-state index >= 15 is 0 Å². The van der Waals surface area contributed by atoms with Crippen molar-refractivity contribution in [3.63, 3.8) is 0 Å². The molecule has 0 saturated heterocycles. The van der Waals surface area contributed by atoms with Crippen LogP contribution in [0.2, 0.25) is 0 Å². The summed E-state index contributed by atoms with van der Waals surface area (Å²) in [5.41, 5.74) is 3.69. The van der Waals surface area contributed by atoms with Gasteiger partial charge in [-0.1, -0.05) is 54.6 Å². The van der Waals surface area contributed by atoms with Crippen LogP contribution in [0.15, 0.2) is 97.1 Å². The lowest BCUT2D eigenvalue weighted by Gasteiger charge is -2.27. The first kappa shape index (κ1) is 30.1. The summed E-state index contributed by atoms with van der Waals surface area (Å²) >= 11 is 0. The number of carbonyl (C=O) groups excluding carboxylic acids is 1. The van der Waals surface area contributed by atoms with Crippen molar-refractivity contribution in [2.45, 2.75) is 26.9 Å². The van der Waals surface area contributed by atoms with E-state index in [0.717, 1.165) is 16.8 Å². The van der Waals surface area contributed by atoms with Crippen LogP contribution in [-0.2, 0) is 27.4 Å². The molecule has 0 fully saturated rings. The third kappa shape index (κ3) is 8.81. The zero-order valence-electron chi connectivity index (χ0n) is 23.7. The van der Waals surface area contributed by atoms with Crippen LogP contribution < -0.4 is 14.4 Å². The van der Waals surface area contributed by atoms with E-state index in [0.29, 0.717) is 42.5 Å². The van der Waals surface area contributed by atoms with Crippen LogP contribution in [0.3, 0.4) is 0 Å². The molecule has 4 aromatic rings. The van der Waals surface area contributed by atoms with Gasteiger partial charge in [-0.05, 0) is 55.3 Å². The highest BCUT2D eigenvalue weighted by molar-refractivity contribution is 5.70. The Morgan fingerprint density at radius 3 is 2.21 bits per heavy atom. The molecule has 0 aliphatic rings. The maximum Gasteiger partial charge on any atom is 0.332 e. The molecule has 0 aromatic heterocycles. The summed E-state index contributed by atoms with van der Waals surface area (Å²) in [5, 5.41) is 11.6. The summed E-state index contributed by atoms with van der Waals surface area (Å²) in [6.07, 6.45) is 0. The lowest BCUT2D eigenvalue weighted by molar-refractivity contribution is -0.385. The Morgan fingerprint density at radius 1 is 0.810 bits per heavy atom. The van der Waals surface area contributed by atoms with Gasteiger partial charge in [0.25, 0.3) is 5.69 Å². The first-order valence-corrected chi connectivity index (χ1v) is 13.7. The zero-order chi connectivity index (χ0) is 29.7. The Hall–Kier alpha value is -4.89. The minimum Gasteiger partial charge on any atom is -0.491 e. The van der Waals surface area contributed by atoms with Crippen molar-refractivity contribution < 1.29 is 28.7 Å². The standard InChI is InChI=1S/C33H34N2O7/c1-3-40-33(36)24-39-19-20-41-29-11-7-12-30(21-29)42-28-17-15-27(16-18-28)23-34(22-26-9-5-4-6-10-26)31-13-8-14-32(25(31)2)35(37)38/h4-18,21H,3,19-20,22-24H2,1-2H3. The van der Waals surface area contributed by atoms with E-state index in [9.17, 15) is 14.9 Å². The first-order chi connectivity index (χ1) is 20.4. The summed E-state index contributed by atoms with van der Waals surface area (Å²) in [5.74, 6) is 1.50. The summed E-state index contributed by atoms with van der Waals surface area (Å²) in [4.78, 5) is 24.7. The number of rotatable bonds is 15. The van der Waals surface area contributed by atoms with Crippen LogP contribution in [0.25, 0.3) is 0 Å². The highest BCUT2D eigenvalue weighted by Crippen LogP contribution is 2.31. The second-order valence-corrected chi connectivity index (χ2v) is 9.45. The molecular formula is C33H34N2O7. The van der Waals surface area contributed by atoms with Crippen LogP contribution in [0, 0.1) is 17.0 Å². The molecule has 0 aliphatic carbocycles. The van der Waals surface area contributed by atoms with Gasteiger partial charge in [0, 0.05) is 30.9 Å². The monoisotopic (exact) mass is 570 g/mol. The van der Waals surface area contributed by atoms with Crippen molar-refractivity contribution in [1.29, 1.82) is 0 Å². The molecule has 9 heteroatoms. The van der Waals surface area contributed by atoms with Crippen molar-refractivity contribution in [1.82, 2.24) is 0 Å². The number of nitro groups is 1. The Labute approximate surface area is 245 Å². The van der Waals surface area contributed by atoms with E-state index in [1.807, 2.05) is 78.9 Å². The maximum absolute atomic E-state index is 11.6. The number of carbonyl (C=O) groups is 1. The van der Waals surface area contributed by atoms with Crippen LogP contribution in [0.4, 0.5) is 11.4 Å². The molecule has 0 heterocycles. The van der Waals surface area contributed by atoms with Crippen molar-refractivity contribution >= 4 is 17.3 Å². The van der Waals surface area contributed by atoms with E-state index in [2.05, 4.69) is 4.90 Å². The van der Waals surface area contributed by atoms with Crippen molar-refractivity contribution in [3.8, 4) is 17.2 Å². The van der Waals surface area contributed by atoms with Crippen LogP contribution in [0.1, 0.15) is 23.6 Å². The predicted molar refractivity (Wildman–Crippen MR) is 160 cm³/mol. The molecule has 0 radical (unpaired) electrons. The predicted octanol–water partition coefficient (Wildman–Crippen LogP) is 6.86. The van der Waals surface area contributed by atoms with Gasteiger partial charge in [0.05, 0.1) is 23.7 Å². The quantitative estimate of drug-likeness (QED) is 0.0661. The van der Waals surface area contributed by atoms with Gasteiger partial charge in [0.1, 0.15) is 30.5 Å². The highest BCUT2D eigenvalue weighted by Gasteiger charge is 2.18. The molecule has 0 unspecified atom stereocenters. The fourth-order valence-electron chi connectivity index (χ4n) is 4.41. The van der Waals surface area contributed by atoms with E-state index in [4.69, 9.17) is 18.9 Å². The molecule has 0 saturated carbocycles. The van der Waals surface area contributed by atoms with Gasteiger partial charge in [0.2, 0.25) is 0 Å². The summed E-state index contributed by atoms with van der Waals surface area (Å²) < 4.78 is 21.8. The molecule has 0 atom stereocenters. The highest BCUT2D eigenvalue weighted by atomic mass is 16.6. The SMILES string of the molecule is CCOC(=O)COCCOc1cccc(Oc2ccc(CN(Cc3ccccc3)c3cccc([N+](=O)[O-])c3C)cc2)c1. The minimum absolute atomic E-state index is 0.102. The largest absolute Gasteiger partial charge is 0.491 e. The van der Waals surface area contributed by atoms with E-state index < -0.39 is 5.97 Å². The molecule has 42 heavy (non-hydrogen) atoms. The van der Waals surface area contributed by atoms with Gasteiger partial charge < -0.3 is 23.8 Å². The van der Waals surface area contributed by atoms with Crippen LogP contribution in [-0.4, -0.2) is 37.3 Å². The fraction of sp³-hybridized carbons (Fsp3) is 0.242. The third-order valence-electron chi connectivity index (χ3n) is 6.39. The maximum atomic E-state index is 11.6. The molecule has 0 aliphatic heterocycles. The second kappa shape index (κ2) is 15.2. The molecule has 218 valence electrons. The Balaban J connectivity index is 1.39. The van der Waals surface area contributed by atoms with Crippen molar-refractivity contribution in [3.05, 3.63) is 124 Å². The molecule has 0 N–H and O–H groups in total. The number of hydrogen-bond donors (Lipinski definition) is 0. The van der Waals surface area contributed by atoms with Gasteiger partial charge in [-0.25, -0.2) is 4.79 Å². The molecule has 9 nitrogen and oxygen atoms in total. The zero-order valence-corrected chi connectivity index (χ0v) is 23.7. The lowest BCUT2D eigenvalue weighted by atomic mass is 10.1. The number of esters is 1. The van der Waals surface area contributed by atoms with Crippen molar-refractivity contribution in [2.75, 3.05) is 31.3 Å². The first-order valence-electron chi connectivity index (χ1n) is 13.7. The molecule has 0 bridgehead atoms. The number of ether oxygens (including phenoxy) is 4. The topological polar surface area (TPSA) is 100 Å². The van der Waals surface area contributed by atoms with Gasteiger partial charge in [-0.15, -0.1) is 0 Å². The second-order valence-electron chi connectivity index (χ2n) is 9.45. The molecule has 0 amide bonds. The van der Waals surface area contributed by atoms with Gasteiger partial charge >= 0.3 is 5.97 Å². The van der Waals surface area contributed by atoms with E-state index in [-0.39, 0.29) is 30.4 Å². The summed E-state index contributed by atoms with van der Waals surface area (Å²) in [6.45, 7) is 5.43. The molecular weight excluding hydrogens is 536 g/mol. The molecule has 4 aromatic carbocycles. The number of benzene rings is 4. The molecule has 0 spiro atoms. The van der Waals surface area contributed by atoms with Gasteiger partial charge in [0.15, 0.2) is 0 Å². The van der Waals surface area contributed by atoms with Crippen molar-refractivity contribution in [2.24, 2.45) is 0 Å². The van der Waals surface area contributed by atoms with Gasteiger partial charge in [-0.2, -0.15) is 0 Å². The Morgan fingerprint density at radius 2 is 1.50 bits per heavy atom. The Bertz CT molecular complexity index is 1460. The minimum atomic E-state index is -0.401. The average Bonchev–Trinajstić information content (AvgIpc) is 2.98. The van der Waals surface area contributed by atoms with Gasteiger partial charge in [-0.3, -0.25) is 10.1 Å².